The van der Waals surface area contributed by atoms with Gasteiger partial charge in [0.1, 0.15) is 5.75 Å². The Morgan fingerprint density at radius 1 is 1.20 bits per heavy atom. The number of fused-ring (bicyclic) bond motifs is 5. The van der Waals surface area contributed by atoms with E-state index in [4.69, 9.17) is 0 Å². The normalized spacial score (nSPS) is 33.6. The number of hydrogen-bond acceptors (Lipinski definition) is 3. The van der Waals surface area contributed by atoms with Crippen molar-refractivity contribution >= 4 is 5.78 Å². The molecule has 3 aliphatic rings. The molecule has 4 atom stereocenters. The summed E-state index contributed by atoms with van der Waals surface area (Å²) in [5.74, 6) is 2.56. The molecule has 2 fully saturated rings. The molecule has 1 aromatic rings. The van der Waals surface area contributed by atoms with E-state index in [0.29, 0.717) is 29.3 Å². The monoisotopic (exact) mass is 341 g/mol. The SMILES string of the molecule is CCCCCN[C@]12CC[C@@H]3c4ccc(O)cc4CC[C@H]3[C@@H]1CCC2=O. The second-order valence-corrected chi connectivity index (χ2v) is 8.40. The summed E-state index contributed by atoms with van der Waals surface area (Å²) in [5, 5.41) is 13.6. The number of ketones is 1. The molecule has 136 valence electrons. The summed E-state index contributed by atoms with van der Waals surface area (Å²) in [6.45, 7) is 3.21. The van der Waals surface area contributed by atoms with Crippen LogP contribution >= 0.6 is 0 Å². The van der Waals surface area contributed by atoms with Crippen molar-refractivity contribution in [3.63, 3.8) is 0 Å². The molecule has 2 saturated carbocycles. The number of rotatable bonds is 5. The largest absolute Gasteiger partial charge is 0.508 e. The van der Waals surface area contributed by atoms with Crippen molar-refractivity contribution in [3.05, 3.63) is 29.3 Å². The molecular formula is C22H31NO2. The summed E-state index contributed by atoms with van der Waals surface area (Å²) < 4.78 is 0. The Kier molecular flexibility index (Phi) is 4.61. The predicted octanol–water partition coefficient (Wildman–Crippen LogP) is 4.33. The first-order valence-corrected chi connectivity index (χ1v) is 10.3. The molecule has 0 saturated heterocycles. The third-order valence-corrected chi connectivity index (χ3v) is 7.19. The summed E-state index contributed by atoms with van der Waals surface area (Å²) in [6.07, 6.45) is 9.76. The van der Waals surface area contributed by atoms with Gasteiger partial charge in [0.15, 0.2) is 5.78 Å². The zero-order valence-corrected chi connectivity index (χ0v) is 15.4. The number of benzene rings is 1. The minimum absolute atomic E-state index is 0.233. The quantitative estimate of drug-likeness (QED) is 0.784. The van der Waals surface area contributed by atoms with Crippen LogP contribution in [0.1, 0.15) is 75.3 Å². The van der Waals surface area contributed by atoms with E-state index in [-0.39, 0.29) is 5.54 Å². The lowest BCUT2D eigenvalue weighted by Gasteiger charge is -2.50. The van der Waals surface area contributed by atoms with Crippen LogP contribution in [0.4, 0.5) is 0 Å². The van der Waals surface area contributed by atoms with Gasteiger partial charge in [0.25, 0.3) is 0 Å². The van der Waals surface area contributed by atoms with Crippen molar-refractivity contribution in [2.75, 3.05) is 6.54 Å². The minimum Gasteiger partial charge on any atom is -0.508 e. The molecule has 3 aliphatic carbocycles. The lowest BCUT2D eigenvalue weighted by Crippen LogP contribution is -2.59. The fourth-order valence-corrected chi connectivity index (χ4v) is 6.03. The lowest BCUT2D eigenvalue weighted by atomic mass is 9.58. The Balaban J connectivity index is 1.57. The Morgan fingerprint density at radius 3 is 2.92 bits per heavy atom. The third-order valence-electron chi connectivity index (χ3n) is 7.19. The molecule has 0 spiro atoms. The summed E-state index contributed by atoms with van der Waals surface area (Å²) >= 11 is 0. The first-order valence-electron chi connectivity index (χ1n) is 10.3. The number of nitrogens with one attached hydrogen (secondary N) is 1. The standard InChI is InChI=1S/C22H31NO2/c1-2-3-4-13-23-22-12-11-18-17-8-6-16(24)14-15(17)5-7-19(18)20(22)9-10-21(22)25/h6,8,14,18-20,23-24H,2-5,7,9-13H2,1H3/t18-,19-,20+,22-/m1/s1. The van der Waals surface area contributed by atoms with Gasteiger partial charge in [0.2, 0.25) is 0 Å². The van der Waals surface area contributed by atoms with Gasteiger partial charge in [0, 0.05) is 6.42 Å². The molecule has 0 aliphatic heterocycles. The highest BCUT2D eigenvalue weighted by atomic mass is 16.3. The molecule has 3 nitrogen and oxygen atoms in total. The van der Waals surface area contributed by atoms with Gasteiger partial charge >= 0.3 is 0 Å². The van der Waals surface area contributed by atoms with Gasteiger partial charge in [-0.05, 0) is 86.1 Å². The van der Waals surface area contributed by atoms with Crippen molar-refractivity contribution in [2.24, 2.45) is 11.8 Å². The first-order chi connectivity index (χ1) is 12.2. The first kappa shape index (κ1) is 17.1. The Bertz CT molecular complexity index is 655. The topological polar surface area (TPSA) is 49.3 Å². The maximum Gasteiger partial charge on any atom is 0.153 e. The van der Waals surface area contributed by atoms with Crippen LogP contribution in [-0.4, -0.2) is 23.0 Å². The molecule has 25 heavy (non-hydrogen) atoms. The van der Waals surface area contributed by atoms with Crippen molar-refractivity contribution < 1.29 is 9.90 Å². The number of carbonyl (C=O) groups is 1. The van der Waals surface area contributed by atoms with E-state index in [1.54, 1.807) is 0 Å². The van der Waals surface area contributed by atoms with Crippen LogP contribution < -0.4 is 5.32 Å². The molecule has 0 amide bonds. The van der Waals surface area contributed by atoms with E-state index in [2.05, 4.69) is 18.3 Å². The average molecular weight is 341 g/mol. The lowest BCUT2D eigenvalue weighted by molar-refractivity contribution is -0.126. The molecule has 3 heteroatoms. The van der Waals surface area contributed by atoms with Gasteiger partial charge in [-0.1, -0.05) is 25.8 Å². The van der Waals surface area contributed by atoms with Gasteiger partial charge < -0.3 is 10.4 Å². The second-order valence-electron chi connectivity index (χ2n) is 8.40. The van der Waals surface area contributed by atoms with E-state index < -0.39 is 0 Å². The zero-order chi connectivity index (χ0) is 17.4. The average Bonchev–Trinajstić information content (AvgIpc) is 2.95. The Hall–Kier alpha value is -1.35. The van der Waals surface area contributed by atoms with E-state index >= 15 is 0 Å². The number of Topliss-reactive ketones (excluding diaryl/α,β-unsaturated/α-hetero) is 1. The van der Waals surface area contributed by atoms with Crippen molar-refractivity contribution in [2.45, 2.75) is 76.2 Å². The van der Waals surface area contributed by atoms with Crippen LogP contribution in [0, 0.1) is 11.8 Å². The number of phenolic OH excluding ortho intramolecular Hbond substituents is 1. The Morgan fingerprint density at radius 2 is 2.08 bits per heavy atom. The molecule has 0 radical (unpaired) electrons. The molecule has 2 N–H and O–H groups in total. The predicted molar refractivity (Wildman–Crippen MR) is 99.9 cm³/mol. The maximum absolute atomic E-state index is 12.9. The van der Waals surface area contributed by atoms with Crippen molar-refractivity contribution in [3.8, 4) is 5.75 Å². The van der Waals surface area contributed by atoms with Crippen LogP contribution in [0.15, 0.2) is 18.2 Å². The molecule has 0 heterocycles. The highest BCUT2D eigenvalue weighted by Gasteiger charge is 2.56. The van der Waals surface area contributed by atoms with Gasteiger partial charge in [-0.2, -0.15) is 0 Å². The number of aromatic hydroxyl groups is 1. The second kappa shape index (κ2) is 6.75. The highest BCUT2D eigenvalue weighted by Crippen LogP contribution is 2.55. The van der Waals surface area contributed by atoms with E-state index in [1.165, 1.54) is 30.4 Å². The Labute approximate surface area is 151 Å². The van der Waals surface area contributed by atoms with E-state index in [9.17, 15) is 9.90 Å². The smallest absolute Gasteiger partial charge is 0.153 e. The van der Waals surface area contributed by atoms with Gasteiger partial charge in [-0.15, -0.1) is 0 Å². The fourth-order valence-electron chi connectivity index (χ4n) is 6.03. The third kappa shape index (κ3) is 2.81. The van der Waals surface area contributed by atoms with Crippen LogP contribution in [0.3, 0.4) is 0 Å². The van der Waals surface area contributed by atoms with Crippen molar-refractivity contribution in [1.82, 2.24) is 5.32 Å². The number of hydrogen-bond donors (Lipinski definition) is 2. The molecule has 0 bridgehead atoms. The van der Waals surface area contributed by atoms with E-state index in [0.717, 1.165) is 45.1 Å². The minimum atomic E-state index is -0.233. The van der Waals surface area contributed by atoms with Crippen LogP contribution in [-0.2, 0) is 11.2 Å². The molecule has 1 aromatic carbocycles. The van der Waals surface area contributed by atoms with Gasteiger partial charge in [-0.25, -0.2) is 0 Å². The molecule has 0 unspecified atom stereocenters. The number of unbranched alkanes of at least 4 members (excludes halogenated alkanes) is 2. The summed E-state index contributed by atoms with van der Waals surface area (Å²) in [7, 11) is 0. The van der Waals surface area contributed by atoms with Crippen LogP contribution in [0.5, 0.6) is 5.75 Å². The summed E-state index contributed by atoms with van der Waals surface area (Å²) in [5.41, 5.74) is 2.53. The van der Waals surface area contributed by atoms with Crippen molar-refractivity contribution in [1.29, 1.82) is 0 Å². The maximum atomic E-state index is 12.9. The van der Waals surface area contributed by atoms with Crippen LogP contribution in [0.25, 0.3) is 0 Å². The number of carbonyl (C=O) groups excluding carboxylic acids is 1. The highest BCUT2D eigenvalue weighted by molar-refractivity contribution is 5.91. The zero-order valence-electron chi connectivity index (χ0n) is 15.4. The number of phenols is 1. The van der Waals surface area contributed by atoms with Crippen LogP contribution in [0.2, 0.25) is 0 Å². The molecule has 0 aromatic heterocycles. The summed E-state index contributed by atoms with van der Waals surface area (Å²) in [6, 6.07) is 5.93. The molecule has 4 rings (SSSR count). The molecular weight excluding hydrogens is 310 g/mol. The van der Waals surface area contributed by atoms with Gasteiger partial charge in [-0.3, -0.25) is 4.79 Å². The van der Waals surface area contributed by atoms with E-state index in [1.807, 2.05) is 12.1 Å². The van der Waals surface area contributed by atoms with Gasteiger partial charge in [0.05, 0.1) is 5.54 Å². The fraction of sp³-hybridized carbons (Fsp3) is 0.682. The number of aryl methyl sites for hydroxylation is 1. The summed E-state index contributed by atoms with van der Waals surface area (Å²) in [4.78, 5) is 12.9.